The van der Waals surface area contributed by atoms with Gasteiger partial charge in [-0.05, 0) is 51.7 Å². The van der Waals surface area contributed by atoms with Crippen molar-refractivity contribution in [2.75, 3.05) is 26.7 Å². The second-order valence-electron chi connectivity index (χ2n) is 6.24. The Hall–Kier alpha value is -0.610. The highest BCUT2D eigenvalue weighted by Gasteiger charge is 2.31. The van der Waals surface area contributed by atoms with Crippen molar-refractivity contribution in [2.24, 2.45) is 11.1 Å². The zero-order valence-corrected chi connectivity index (χ0v) is 11.7. The lowest BCUT2D eigenvalue weighted by atomic mass is 9.93. The van der Waals surface area contributed by atoms with Gasteiger partial charge >= 0.3 is 0 Å². The Morgan fingerprint density at radius 3 is 2.59 bits per heavy atom. The summed E-state index contributed by atoms with van der Waals surface area (Å²) in [5.41, 5.74) is 5.30. The van der Waals surface area contributed by atoms with Gasteiger partial charge in [0.05, 0.1) is 5.54 Å². The van der Waals surface area contributed by atoms with Crippen LogP contribution in [0.2, 0.25) is 0 Å². The van der Waals surface area contributed by atoms with E-state index in [1.165, 1.54) is 19.5 Å². The molecule has 1 atom stereocenters. The van der Waals surface area contributed by atoms with Crippen LogP contribution in [0.15, 0.2) is 0 Å². The summed E-state index contributed by atoms with van der Waals surface area (Å²) in [6, 6.07) is 0. The zero-order chi connectivity index (χ0) is 13.1. The maximum Gasteiger partial charge on any atom is 0.237 e. The van der Waals surface area contributed by atoms with Gasteiger partial charge in [0.2, 0.25) is 5.91 Å². The molecule has 0 bridgehead atoms. The molecular formula is C13H27N3O. The van der Waals surface area contributed by atoms with Gasteiger partial charge in [-0.25, -0.2) is 0 Å². The molecule has 1 unspecified atom stereocenters. The predicted molar refractivity (Wildman–Crippen MR) is 70.7 cm³/mol. The lowest BCUT2D eigenvalue weighted by molar-refractivity contribution is -0.123. The number of hydrogen-bond donors (Lipinski definition) is 2. The highest BCUT2D eigenvalue weighted by atomic mass is 16.1. The molecule has 100 valence electrons. The largest absolute Gasteiger partial charge is 0.368 e. The van der Waals surface area contributed by atoms with Crippen LogP contribution in [0.4, 0.5) is 0 Å². The molecule has 0 spiro atoms. The monoisotopic (exact) mass is 241 g/mol. The normalized spacial score (nSPS) is 23.5. The lowest BCUT2D eigenvalue weighted by Crippen LogP contribution is -2.51. The Bertz CT molecular complexity index is 278. The van der Waals surface area contributed by atoms with Crippen LogP contribution in [-0.4, -0.2) is 43.0 Å². The van der Waals surface area contributed by atoms with Crippen LogP contribution in [-0.2, 0) is 4.79 Å². The molecule has 1 fully saturated rings. The molecule has 1 rings (SSSR count). The van der Waals surface area contributed by atoms with Crippen molar-refractivity contribution in [3.63, 3.8) is 0 Å². The molecule has 0 aromatic rings. The first-order chi connectivity index (χ1) is 7.79. The number of nitrogens with one attached hydrogen (secondary N) is 1. The Balaban J connectivity index is 2.31. The smallest absolute Gasteiger partial charge is 0.237 e. The average molecular weight is 241 g/mol. The fraction of sp³-hybridized carbons (Fsp3) is 0.923. The summed E-state index contributed by atoms with van der Waals surface area (Å²) in [6.07, 6.45) is 3.08. The van der Waals surface area contributed by atoms with Crippen molar-refractivity contribution < 1.29 is 4.79 Å². The Morgan fingerprint density at radius 1 is 1.53 bits per heavy atom. The molecule has 4 nitrogen and oxygen atoms in total. The van der Waals surface area contributed by atoms with E-state index in [2.05, 4.69) is 24.1 Å². The van der Waals surface area contributed by atoms with Gasteiger partial charge in [0, 0.05) is 6.54 Å². The molecule has 0 aliphatic carbocycles. The van der Waals surface area contributed by atoms with Crippen molar-refractivity contribution in [3.05, 3.63) is 0 Å². The van der Waals surface area contributed by atoms with Crippen LogP contribution in [0.5, 0.6) is 0 Å². The van der Waals surface area contributed by atoms with Gasteiger partial charge in [-0.3, -0.25) is 4.79 Å². The fourth-order valence-electron chi connectivity index (χ4n) is 2.44. The van der Waals surface area contributed by atoms with E-state index in [-0.39, 0.29) is 5.91 Å². The van der Waals surface area contributed by atoms with Crippen molar-refractivity contribution in [1.29, 1.82) is 0 Å². The second-order valence-corrected chi connectivity index (χ2v) is 6.24. The number of likely N-dealkylation sites (tertiary alicyclic amines) is 1. The first kappa shape index (κ1) is 14.5. The molecule has 1 aliphatic rings. The maximum atomic E-state index is 11.3. The molecule has 4 heteroatoms. The predicted octanol–water partition coefficient (Wildman–Crippen LogP) is 0.962. The number of nitrogens with zero attached hydrogens (tertiary/aromatic N) is 1. The molecule has 1 amide bonds. The molecule has 1 saturated heterocycles. The molecule has 17 heavy (non-hydrogen) atoms. The molecule has 0 aromatic carbocycles. The molecule has 0 radical (unpaired) electrons. The van der Waals surface area contributed by atoms with Crippen LogP contribution in [0.1, 0.15) is 40.0 Å². The van der Waals surface area contributed by atoms with Crippen LogP contribution < -0.4 is 11.1 Å². The summed E-state index contributed by atoms with van der Waals surface area (Å²) < 4.78 is 0. The number of carbonyl (C=O) groups is 1. The van der Waals surface area contributed by atoms with Crippen LogP contribution >= 0.6 is 0 Å². The molecule has 0 saturated carbocycles. The van der Waals surface area contributed by atoms with Crippen LogP contribution in [0.25, 0.3) is 0 Å². The first-order valence-electron chi connectivity index (χ1n) is 6.50. The Labute approximate surface area is 105 Å². The number of nitrogens with two attached hydrogens (primary N) is 1. The number of carbonyl (C=O) groups excluding carboxylic acids is 1. The number of primary amides is 1. The average Bonchev–Trinajstić information content (AvgIpc) is 2.57. The molecule has 1 heterocycles. The van der Waals surface area contributed by atoms with Crippen LogP contribution in [0.3, 0.4) is 0 Å². The van der Waals surface area contributed by atoms with Gasteiger partial charge < -0.3 is 16.0 Å². The van der Waals surface area contributed by atoms with Gasteiger partial charge in [-0.2, -0.15) is 0 Å². The number of amides is 1. The molecule has 1 aliphatic heterocycles. The Kier molecular flexibility index (Phi) is 4.55. The minimum atomic E-state index is -0.560. The maximum absolute atomic E-state index is 11.3. The van der Waals surface area contributed by atoms with Crippen molar-refractivity contribution in [3.8, 4) is 0 Å². The first-order valence-corrected chi connectivity index (χ1v) is 6.50. The van der Waals surface area contributed by atoms with Crippen molar-refractivity contribution in [2.45, 2.75) is 45.6 Å². The van der Waals surface area contributed by atoms with E-state index in [0.717, 1.165) is 19.4 Å². The van der Waals surface area contributed by atoms with E-state index in [1.54, 1.807) is 7.05 Å². The van der Waals surface area contributed by atoms with Gasteiger partial charge in [-0.1, -0.05) is 13.8 Å². The second kappa shape index (κ2) is 5.36. The third-order valence-corrected chi connectivity index (χ3v) is 4.00. The summed E-state index contributed by atoms with van der Waals surface area (Å²) in [5.74, 6) is -0.262. The van der Waals surface area contributed by atoms with Gasteiger partial charge in [0.15, 0.2) is 0 Å². The third kappa shape index (κ3) is 3.96. The standard InChI is InChI=1S/C13H27N3O/c1-12(2)7-9-16(10-12)8-5-6-13(3,15-4)11(14)17/h15H,5-10H2,1-4H3,(H2,14,17). The quantitative estimate of drug-likeness (QED) is 0.728. The van der Waals surface area contributed by atoms with E-state index in [0.29, 0.717) is 5.41 Å². The topological polar surface area (TPSA) is 58.4 Å². The van der Waals surface area contributed by atoms with Crippen molar-refractivity contribution >= 4 is 5.91 Å². The summed E-state index contributed by atoms with van der Waals surface area (Å²) in [7, 11) is 1.80. The van der Waals surface area contributed by atoms with Crippen LogP contribution in [0, 0.1) is 5.41 Å². The van der Waals surface area contributed by atoms with Gasteiger partial charge in [0.25, 0.3) is 0 Å². The Morgan fingerprint density at radius 2 is 2.18 bits per heavy atom. The van der Waals surface area contributed by atoms with E-state index in [1.807, 2.05) is 6.92 Å². The fourth-order valence-corrected chi connectivity index (χ4v) is 2.44. The highest BCUT2D eigenvalue weighted by Crippen LogP contribution is 2.29. The zero-order valence-electron chi connectivity index (χ0n) is 11.7. The van der Waals surface area contributed by atoms with Crippen molar-refractivity contribution in [1.82, 2.24) is 10.2 Å². The third-order valence-electron chi connectivity index (χ3n) is 4.00. The van der Waals surface area contributed by atoms with Gasteiger partial charge in [-0.15, -0.1) is 0 Å². The van der Waals surface area contributed by atoms with E-state index < -0.39 is 5.54 Å². The number of likely N-dealkylation sites (N-methyl/N-ethyl adjacent to an activating group) is 1. The summed E-state index contributed by atoms with van der Waals surface area (Å²) in [4.78, 5) is 13.8. The SMILES string of the molecule is CNC(C)(CCCN1CCC(C)(C)C1)C(N)=O. The number of rotatable bonds is 6. The van der Waals surface area contributed by atoms with E-state index in [4.69, 9.17) is 5.73 Å². The van der Waals surface area contributed by atoms with E-state index in [9.17, 15) is 4.79 Å². The van der Waals surface area contributed by atoms with Gasteiger partial charge in [0.1, 0.15) is 0 Å². The lowest BCUT2D eigenvalue weighted by Gasteiger charge is -2.27. The van der Waals surface area contributed by atoms with E-state index >= 15 is 0 Å². The number of hydrogen-bond acceptors (Lipinski definition) is 3. The minimum absolute atomic E-state index is 0.262. The molecule has 3 N–H and O–H groups in total. The summed E-state index contributed by atoms with van der Waals surface area (Å²) in [6.45, 7) is 9.92. The molecular weight excluding hydrogens is 214 g/mol. The molecule has 0 aromatic heterocycles. The highest BCUT2D eigenvalue weighted by molar-refractivity contribution is 5.84. The minimum Gasteiger partial charge on any atom is -0.368 e. The summed E-state index contributed by atoms with van der Waals surface area (Å²) >= 11 is 0. The summed E-state index contributed by atoms with van der Waals surface area (Å²) in [5, 5.41) is 3.03.